The lowest BCUT2D eigenvalue weighted by molar-refractivity contribution is -0.113. The Morgan fingerprint density at radius 1 is 0.795 bits per heavy atom. The number of Topliss-reactive ketones (excluding diaryl/α,β-unsaturated/α-hetero) is 1. The summed E-state index contributed by atoms with van der Waals surface area (Å²) < 4.78 is 27.5. The summed E-state index contributed by atoms with van der Waals surface area (Å²) in [6.45, 7) is 0. The molecule has 0 aromatic heterocycles. The van der Waals surface area contributed by atoms with Gasteiger partial charge in [-0.1, -0.05) is 35.9 Å². The lowest BCUT2D eigenvalue weighted by Crippen LogP contribution is -2.30. The summed E-state index contributed by atoms with van der Waals surface area (Å²) >= 11 is 7.43. The van der Waals surface area contributed by atoms with Crippen LogP contribution >= 0.6 is 23.4 Å². The Balaban J connectivity index is 1.47. The predicted molar refractivity (Wildman–Crippen MR) is 150 cm³/mol. The van der Waals surface area contributed by atoms with Crippen LogP contribution in [-0.4, -0.2) is 23.4 Å². The van der Waals surface area contributed by atoms with Crippen LogP contribution in [0.5, 0.6) is 0 Å². The second kappa shape index (κ2) is 13.0. The number of anilines is 1. The van der Waals surface area contributed by atoms with Crippen LogP contribution in [0.2, 0.25) is 5.02 Å². The number of carbonyl (C=O) groups excluding carboxylic acids is 3. The van der Waals surface area contributed by atoms with E-state index < -0.39 is 23.4 Å². The van der Waals surface area contributed by atoms with Gasteiger partial charge in [0.25, 0.3) is 11.8 Å². The summed E-state index contributed by atoms with van der Waals surface area (Å²) in [5.74, 6) is -2.30. The van der Waals surface area contributed by atoms with E-state index in [0.717, 1.165) is 4.90 Å². The van der Waals surface area contributed by atoms with E-state index in [1.165, 1.54) is 60.3 Å². The average molecular weight is 563 g/mol. The van der Waals surface area contributed by atoms with Crippen molar-refractivity contribution in [2.45, 2.75) is 4.90 Å². The first-order valence-electron chi connectivity index (χ1n) is 11.7. The van der Waals surface area contributed by atoms with Gasteiger partial charge in [-0.2, -0.15) is 0 Å². The Bertz CT molecular complexity index is 1510. The Labute approximate surface area is 232 Å². The summed E-state index contributed by atoms with van der Waals surface area (Å²) in [6, 6.07) is 24.4. The molecule has 2 N–H and O–H groups in total. The van der Waals surface area contributed by atoms with E-state index >= 15 is 0 Å². The minimum atomic E-state index is -0.689. The largest absolute Gasteiger partial charge is 0.321 e. The molecule has 0 saturated carbocycles. The van der Waals surface area contributed by atoms with Gasteiger partial charge in [0.2, 0.25) is 0 Å². The molecular formula is C30H21ClF2N2O3S. The normalized spacial score (nSPS) is 11.1. The first kappa shape index (κ1) is 27.8. The molecule has 0 aliphatic carbocycles. The molecular weight excluding hydrogens is 542 g/mol. The van der Waals surface area contributed by atoms with Crippen molar-refractivity contribution in [1.82, 2.24) is 5.32 Å². The second-order valence-electron chi connectivity index (χ2n) is 8.21. The zero-order chi connectivity index (χ0) is 27.8. The average Bonchev–Trinajstić information content (AvgIpc) is 2.94. The van der Waals surface area contributed by atoms with Crippen molar-refractivity contribution >= 4 is 52.7 Å². The summed E-state index contributed by atoms with van der Waals surface area (Å²) in [5.41, 5.74) is 0.884. The van der Waals surface area contributed by atoms with Crippen molar-refractivity contribution < 1.29 is 23.2 Å². The number of benzene rings is 4. The minimum absolute atomic E-state index is 0.0461. The van der Waals surface area contributed by atoms with Crippen LogP contribution in [0.25, 0.3) is 6.08 Å². The fourth-order valence-electron chi connectivity index (χ4n) is 3.44. The van der Waals surface area contributed by atoms with Gasteiger partial charge in [0, 0.05) is 27.3 Å². The molecule has 0 bridgehead atoms. The lowest BCUT2D eigenvalue weighted by atomic mass is 10.1. The molecule has 0 unspecified atom stereocenters. The van der Waals surface area contributed by atoms with Crippen molar-refractivity contribution in [2.24, 2.45) is 0 Å². The van der Waals surface area contributed by atoms with Crippen LogP contribution in [0.4, 0.5) is 14.5 Å². The van der Waals surface area contributed by atoms with Crippen LogP contribution in [0.1, 0.15) is 26.3 Å². The Hall–Kier alpha value is -4.27. The van der Waals surface area contributed by atoms with Gasteiger partial charge < -0.3 is 10.6 Å². The van der Waals surface area contributed by atoms with Crippen LogP contribution in [0.3, 0.4) is 0 Å². The van der Waals surface area contributed by atoms with Crippen LogP contribution < -0.4 is 10.6 Å². The summed E-state index contributed by atoms with van der Waals surface area (Å²) in [4.78, 5) is 39.0. The zero-order valence-electron chi connectivity index (χ0n) is 20.3. The molecule has 0 atom stereocenters. The van der Waals surface area contributed by atoms with Gasteiger partial charge in [0.1, 0.15) is 17.3 Å². The van der Waals surface area contributed by atoms with E-state index in [1.807, 2.05) is 0 Å². The molecule has 4 aromatic rings. The third kappa shape index (κ3) is 7.63. The number of hydrogen-bond acceptors (Lipinski definition) is 4. The SMILES string of the molecule is O=C(Nc1ccc(SCC(=O)c2ccc(F)cc2)cc1)/C(=C/c1c(F)cccc1Cl)NC(=O)c1ccccc1. The number of rotatable bonds is 9. The number of ketones is 1. The molecule has 9 heteroatoms. The number of hydrogen-bond donors (Lipinski definition) is 2. The van der Waals surface area contributed by atoms with E-state index in [2.05, 4.69) is 10.6 Å². The van der Waals surface area contributed by atoms with Crippen molar-refractivity contribution in [2.75, 3.05) is 11.1 Å². The third-order valence-electron chi connectivity index (χ3n) is 5.47. The highest BCUT2D eigenvalue weighted by Crippen LogP contribution is 2.24. The predicted octanol–water partition coefficient (Wildman–Crippen LogP) is 7.00. The number of amides is 2. The molecule has 2 amide bonds. The van der Waals surface area contributed by atoms with Crippen molar-refractivity contribution in [3.8, 4) is 0 Å². The summed E-state index contributed by atoms with van der Waals surface area (Å²) in [6.07, 6.45) is 1.18. The van der Waals surface area contributed by atoms with Gasteiger partial charge in [-0.25, -0.2) is 8.78 Å². The van der Waals surface area contributed by atoms with Gasteiger partial charge in [-0.15, -0.1) is 11.8 Å². The van der Waals surface area contributed by atoms with Crippen molar-refractivity contribution in [3.05, 3.63) is 136 Å². The zero-order valence-corrected chi connectivity index (χ0v) is 21.9. The van der Waals surface area contributed by atoms with E-state index in [-0.39, 0.29) is 27.8 Å². The standard InChI is InChI=1S/C30H21ClF2N2O3S/c31-25-7-4-8-26(33)24(25)17-27(35-29(37)20-5-2-1-3-6-20)30(38)34-22-13-15-23(16-14-22)39-18-28(36)19-9-11-21(32)12-10-19/h1-17H,18H2,(H,34,38)(H,35,37)/b27-17-. The highest BCUT2D eigenvalue weighted by atomic mass is 35.5. The van der Waals surface area contributed by atoms with Crippen LogP contribution in [0, 0.1) is 11.6 Å². The number of carbonyl (C=O) groups is 3. The molecule has 4 rings (SSSR count). The summed E-state index contributed by atoms with van der Waals surface area (Å²) in [5, 5.41) is 5.30. The highest BCUT2D eigenvalue weighted by Gasteiger charge is 2.17. The molecule has 0 heterocycles. The minimum Gasteiger partial charge on any atom is -0.321 e. The Kier molecular flexibility index (Phi) is 9.25. The molecule has 5 nitrogen and oxygen atoms in total. The van der Waals surface area contributed by atoms with Gasteiger partial charge in [-0.05, 0) is 78.9 Å². The van der Waals surface area contributed by atoms with Gasteiger partial charge in [-0.3, -0.25) is 14.4 Å². The van der Waals surface area contributed by atoms with Gasteiger partial charge in [0.15, 0.2) is 5.78 Å². The molecule has 0 aliphatic heterocycles. The first-order valence-corrected chi connectivity index (χ1v) is 13.0. The number of halogens is 3. The molecule has 0 aliphatic rings. The van der Waals surface area contributed by atoms with Crippen molar-refractivity contribution in [1.29, 1.82) is 0 Å². The number of thioether (sulfide) groups is 1. The molecule has 0 saturated heterocycles. The molecule has 39 heavy (non-hydrogen) atoms. The van der Waals surface area contributed by atoms with Crippen LogP contribution in [0.15, 0.2) is 108 Å². The highest BCUT2D eigenvalue weighted by molar-refractivity contribution is 8.00. The maximum atomic E-state index is 14.4. The molecule has 0 spiro atoms. The quantitative estimate of drug-likeness (QED) is 0.131. The van der Waals surface area contributed by atoms with E-state index in [0.29, 0.717) is 16.8 Å². The number of nitrogens with one attached hydrogen (secondary N) is 2. The fraction of sp³-hybridized carbons (Fsp3) is 0.0333. The Morgan fingerprint density at radius 3 is 2.15 bits per heavy atom. The molecule has 4 aromatic carbocycles. The Morgan fingerprint density at radius 2 is 1.49 bits per heavy atom. The summed E-state index contributed by atoms with van der Waals surface area (Å²) in [7, 11) is 0. The van der Waals surface area contributed by atoms with Gasteiger partial charge >= 0.3 is 0 Å². The maximum absolute atomic E-state index is 14.4. The molecule has 0 fully saturated rings. The second-order valence-corrected chi connectivity index (χ2v) is 9.67. The van der Waals surface area contributed by atoms with Gasteiger partial charge in [0.05, 0.1) is 10.8 Å². The third-order valence-corrected chi connectivity index (χ3v) is 6.81. The maximum Gasteiger partial charge on any atom is 0.272 e. The topological polar surface area (TPSA) is 75.3 Å². The molecule has 0 radical (unpaired) electrons. The van der Waals surface area contributed by atoms with E-state index in [1.54, 1.807) is 54.6 Å². The monoisotopic (exact) mass is 562 g/mol. The lowest BCUT2D eigenvalue weighted by Gasteiger charge is -2.12. The first-order chi connectivity index (χ1) is 18.8. The van der Waals surface area contributed by atoms with Crippen LogP contribution in [-0.2, 0) is 4.79 Å². The molecule has 196 valence electrons. The fourth-order valence-corrected chi connectivity index (χ4v) is 4.45. The van der Waals surface area contributed by atoms with E-state index in [9.17, 15) is 23.2 Å². The smallest absolute Gasteiger partial charge is 0.272 e. The van der Waals surface area contributed by atoms with Crippen molar-refractivity contribution in [3.63, 3.8) is 0 Å². The van der Waals surface area contributed by atoms with E-state index in [4.69, 9.17) is 11.6 Å².